The van der Waals surface area contributed by atoms with Crippen molar-refractivity contribution >= 4 is 49.8 Å². The van der Waals surface area contributed by atoms with Crippen molar-refractivity contribution in [1.82, 2.24) is 20.2 Å². The molecule has 5 rings (SSSR count). The maximum Gasteiger partial charge on any atom is 0.221 e. The summed E-state index contributed by atoms with van der Waals surface area (Å²) in [4.78, 5) is 9.34. The second-order valence-corrected chi connectivity index (χ2v) is 7.52. The SMILES string of the molecule is Cc1ccc2sc(-c3cc(Nc4ccnc(N)n4)cc4cn[nH]c34)cc2c1. The summed E-state index contributed by atoms with van der Waals surface area (Å²) < 4.78 is 1.27. The van der Waals surface area contributed by atoms with Crippen molar-refractivity contribution in [2.75, 3.05) is 11.1 Å². The molecule has 0 bridgehead atoms. The van der Waals surface area contributed by atoms with E-state index < -0.39 is 0 Å². The smallest absolute Gasteiger partial charge is 0.221 e. The fraction of sp³-hybridized carbons (Fsp3) is 0.0500. The monoisotopic (exact) mass is 372 g/mol. The van der Waals surface area contributed by atoms with Crippen LogP contribution in [0.3, 0.4) is 0 Å². The van der Waals surface area contributed by atoms with Crippen LogP contribution < -0.4 is 11.1 Å². The van der Waals surface area contributed by atoms with Gasteiger partial charge in [-0.15, -0.1) is 11.3 Å². The van der Waals surface area contributed by atoms with Crippen LogP contribution in [0.1, 0.15) is 5.56 Å². The molecular formula is C20H16N6S. The number of aryl methyl sites for hydroxylation is 1. The topological polar surface area (TPSA) is 92.5 Å². The predicted molar refractivity (Wildman–Crippen MR) is 111 cm³/mol. The van der Waals surface area contributed by atoms with Gasteiger partial charge in [0.25, 0.3) is 0 Å². The number of aromatic amines is 1. The van der Waals surface area contributed by atoms with E-state index in [1.54, 1.807) is 23.6 Å². The highest BCUT2D eigenvalue weighted by atomic mass is 32.1. The Morgan fingerprint density at radius 1 is 1.07 bits per heavy atom. The number of hydrogen-bond donors (Lipinski definition) is 3. The zero-order valence-electron chi connectivity index (χ0n) is 14.5. The van der Waals surface area contributed by atoms with Gasteiger partial charge in [-0.1, -0.05) is 17.7 Å². The van der Waals surface area contributed by atoms with E-state index in [0.717, 1.165) is 22.2 Å². The number of fused-ring (bicyclic) bond motifs is 2. The molecule has 5 aromatic rings. The number of nitrogens with one attached hydrogen (secondary N) is 2. The largest absolute Gasteiger partial charge is 0.368 e. The van der Waals surface area contributed by atoms with E-state index in [4.69, 9.17) is 5.73 Å². The van der Waals surface area contributed by atoms with E-state index in [-0.39, 0.29) is 5.95 Å². The molecule has 0 fully saturated rings. The minimum absolute atomic E-state index is 0.240. The Bertz CT molecular complexity index is 1290. The highest BCUT2D eigenvalue weighted by molar-refractivity contribution is 7.22. The van der Waals surface area contributed by atoms with E-state index in [9.17, 15) is 0 Å². The van der Waals surface area contributed by atoms with Crippen LogP contribution >= 0.6 is 11.3 Å². The molecule has 7 heteroatoms. The summed E-state index contributed by atoms with van der Waals surface area (Å²) in [6, 6.07) is 14.7. The van der Waals surface area contributed by atoms with E-state index >= 15 is 0 Å². The number of H-pyrrole nitrogens is 1. The second-order valence-electron chi connectivity index (χ2n) is 6.44. The summed E-state index contributed by atoms with van der Waals surface area (Å²) in [6.07, 6.45) is 3.46. The summed E-state index contributed by atoms with van der Waals surface area (Å²) in [6.45, 7) is 2.11. The summed E-state index contributed by atoms with van der Waals surface area (Å²) in [7, 11) is 0. The molecule has 27 heavy (non-hydrogen) atoms. The fourth-order valence-electron chi connectivity index (χ4n) is 3.21. The van der Waals surface area contributed by atoms with Crippen LogP contribution in [-0.2, 0) is 0 Å². The van der Waals surface area contributed by atoms with Crippen molar-refractivity contribution < 1.29 is 0 Å². The van der Waals surface area contributed by atoms with Crippen molar-refractivity contribution in [3.05, 3.63) is 60.4 Å². The number of aromatic nitrogens is 4. The molecule has 0 saturated carbocycles. The molecule has 0 aliphatic carbocycles. The number of hydrogen-bond acceptors (Lipinski definition) is 6. The molecule has 3 heterocycles. The van der Waals surface area contributed by atoms with Crippen LogP contribution in [0.15, 0.2) is 54.9 Å². The lowest BCUT2D eigenvalue weighted by Gasteiger charge is -2.08. The predicted octanol–water partition coefficient (Wildman–Crippen LogP) is 4.87. The van der Waals surface area contributed by atoms with Crippen molar-refractivity contribution in [1.29, 1.82) is 0 Å². The molecule has 0 aliphatic rings. The van der Waals surface area contributed by atoms with E-state index in [2.05, 4.69) is 62.7 Å². The Kier molecular flexibility index (Phi) is 3.54. The van der Waals surface area contributed by atoms with Crippen molar-refractivity contribution in [3.63, 3.8) is 0 Å². The molecule has 4 N–H and O–H groups in total. The van der Waals surface area contributed by atoms with Crippen LogP contribution in [0.4, 0.5) is 17.5 Å². The number of nitrogens with zero attached hydrogens (tertiary/aromatic N) is 3. The van der Waals surface area contributed by atoms with Gasteiger partial charge < -0.3 is 11.1 Å². The molecule has 2 aromatic carbocycles. The van der Waals surface area contributed by atoms with Gasteiger partial charge in [0.05, 0.1) is 11.7 Å². The van der Waals surface area contributed by atoms with Crippen LogP contribution in [0, 0.1) is 6.92 Å². The summed E-state index contributed by atoms with van der Waals surface area (Å²) in [5.41, 5.74) is 9.99. The van der Waals surface area contributed by atoms with Gasteiger partial charge in [-0.25, -0.2) is 4.98 Å². The highest BCUT2D eigenvalue weighted by Gasteiger charge is 2.12. The molecule has 0 radical (unpaired) electrons. The van der Waals surface area contributed by atoms with Gasteiger partial charge in [-0.2, -0.15) is 10.1 Å². The Morgan fingerprint density at radius 2 is 2.00 bits per heavy atom. The minimum Gasteiger partial charge on any atom is -0.368 e. The summed E-state index contributed by atoms with van der Waals surface area (Å²) in [5, 5.41) is 12.9. The number of thiophene rings is 1. The van der Waals surface area contributed by atoms with Gasteiger partial charge in [-0.05, 0) is 42.6 Å². The van der Waals surface area contributed by atoms with Gasteiger partial charge in [0, 0.05) is 32.4 Å². The third kappa shape index (κ3) is 2.88. The summed E-state index contributed by atoms with van der Waals surface area (Å²) >= 11 is 1.77. The number of benzene rings is 2. The highest BCUT2D eigenvalue weighted by Crippen LogP contribution is 2.38. The molecular weight excluding hydrogens is 356 g/mol. The maximum atomic E-state index is 5.69. The first kappa shape index (κ1) is 15.8. The third-order valence-electron chi connectivity index (χ3n) is 4.43. The van der Waals surface area contributed by atoms with Crippen LogP contribution in [0.25, 0.3) is 31.4 Å². The average molecular weight is 372 g/mol. The molecule has 0 amide bonds. The van der Waals surface area contributed by atoms with E-state index in [1.165, 1.54) is 20.5 Å². The molecule has 0 spiro atoms. The van der Waals surface area contributed by atoms with Crippen molar-refractivity contribution in [2.24, 2.45) is 0 Å². The second kappa shape index (κ2) is 6.07. The van der Waals surface area contributed by atoms with Crippen molar-refractivity contribution in [2.45, 2.75) is 6.92 Å². The number of rotatable bonds is 3. The number of nitrogens with two attached hydrogens (primary N) is 1. The Morgan fingerprint density at radius 3 is 2.89 bits per heavy atom. The number of anilines is 3. The molecule has 0 atom stereocenters. The third-order valence-corrected chi connectivity index (χ3v) is 5.58. The zero-order chi connectivity index (χ0) is 18.4. The average Bonchev–Trinajstić information content (AvgIpc) is 3.27. The first-order chi connectivity index (χ1) is 13.2. The Balaban J connectivity index is 1.65. The van der Waals surface area contributed by atoms with Crippen LogP contribution in [-0.4, -0.2) is 20.2 Å². The lowest BCUT2D eigenvalue weighted by molar-refractivity contribution is 1.12. The maximum absolute atomic E-state index is 5.69. The molecule has 0 saturated heterocycles. The van der Waals surface area contributed by atoms with Crippen LogP contribution in [0.2, 0.25) is 0 Å². The van der Waals surface area contributed by atoms with Gasteiger partial charge in [0.1, 0.15) is 5.82 Å². The lowest BCUT2D eigenvalue weighted by Crippen LogP contribution is -1.99. The quantitative estimate of drug-likeness (QED) is 0.420. The van der Waals surface area contributed by atoms with Crippen molar-refractivity contribution in [3.8, 4) is 10.4 Å². The number of nitrogen functional groups attached to an aromatic ring is 1. The van der Waals surface area contributed by atoms with Gasteiger partial charge in [0.2, 0.25) is 5.95 Å². The first-order valence-electron chi connectivity index (χ1n) is 8.49. The normalized spacial score (nSPS) is 11.3. The lowest BCUT2D eigenvalue weighted by atomic mass is 10.1. The molecule has 3 aromatic heterocycles. The van der Waals surface area contributed by atoms with Gasteiger partial charge in [-0.3, -0.25) is 5.10 Å². The van der Waals surface area contributed by atoms with Gasteiger partial charge >= 0.3 is 0 Å². The Hall–Kier alpha value is -3.45. The molecule has 0 unspecified atom stereocenters. The minimum atomic E-state index is 0.240. The molecule has 132 valence electrons. The zero-order valence-corrected chi connectivity index (χ0v) is 15.3. The molecule has 0 aliphatic heterocycles. The first-order valence-corrected chi connectivity index (χ1v) is 9.31. The summed E-state index contributed by atoms with van der Waals surface area (Å²) in [5.74, 6) is 0.896. The van der Waals surface area contributed by atoms with Gasteiger partial charge in [0.15, 0.2) is 0 Å². The van der Waals surface area contributed by atoms with E-state index in [0.29, 0.717) is 5.82 Å². The van der Waals surface area contributed by atoms with Crippen LogP contribution in [0.5, 0.6) is 0 Å². The van der Waals surface area contributed by atoms with E-state index in [1.807, 2.05) is 12.3 Å². The fourth-order valence-corrected chi connectivity index (χ4v) is 4.28. The Labute approximate surface area is 159 Å². The standard InChI is InChI=1S/C20H16N6S/c1-11-2-3-16-12(6-11)8-17(27-16)15-9-14(7-13-10-23-26-19(13)15)24-18-4-5-22-20(21)25-18/h2-10H,1H3,(H,23,26)(H3,21,22,24,25). The molecule has 6 nitrogen and oxygen atoms in total.